The topological polar surface area (TPSA) is 59.2 Å². The van der Waals surface area contributed by atoms with E-state index in [2.05, 4.69) is 10.1 Å². The lowest BCUT2D eigenvalue weighted by atomic mass is 9.96. The molecule has 0 atom stereocenters. The lowest BCUT2D eigenvalue weighted by molar-refractivity contribution is 0.0704. The lowest BCUT2D eigenvalue weighted by Crippen LogP contribution is -2.38. The average molecular weight is 365 g/mol. The number of aryl methyl sites for hydroxylation is 1. The summed E-state index contributed by atoms with van der Waals surface area (Å²) in [5.41, 5.74) is 2.62. The van der Waals surface area contributed by atoms with E-state index in [1.165, 1.54) is 29.8 Å². The van der Waals surface area contributed by atoms with Crippen LogP contribution in [0.5, 0.6) is 0 Å². The van der Waals surface area contributed by atoms with Gasteiger partial charge in [-0.25, -0.2) is 4.39 Å². The molecule has 6 heteroatoms. The number of carbonyl (C=O) groups excluding carboxylic acids is 1. The van der Waals surface area contributed by atoms with Gasteiger partial charge in [-0.05, 0) is 44.0 Å². The molecule has 0 unspecified atom stereocenters. The second kappa shape index (κ2) is 7.31. The van der Waals surface area contributed by atoms with Crippen LogP contribution in [-0.4, -0.2) is 34.0 Å². The van der Waals surface area contributed by atoms with E-state index in [4.69, 9.17) is 4.52 Å². The minimum absolute atomic E-state index is 0.0701. The van der Waals surface area contributed by atoms with Crippen molar-refractivity contribution in [1.29, 1.82) is 0 Å². The maximum absolute atomic E-state index is 13.0. The van der Waals surface area contributed by atoms with Gasteiger partial charge >= 0.3 is 0 Å². The number of carbonyl (C=O) groups is 1. The number of amides is 1. The van der Waals surface area contributed by atoms with Crippen LogP contribution in [0, 0.1) is 12.7 Å². The number of aromatic nitrogens is 2. The van der Waals surface area contributed by atoms with Crippen LogP contribution in [0.3, 0.4) is 0 Å². The zero-order chi connectivity index (χ0) is 18.8. The van der Waals surface area contributed by atoms with Crippen LogP contribution >= 0.6 is 0 Å². The molecule has 0 saturated carbocycles. The summed E-state index contributed by atoms with van der Waals surface area (Å²) < 4.78 is 18.5. The highest BCUT2D eigenvalue weighted by Crippen LogP contribution is 2.29. The predicted molar refractivity (Wildman–Crippen MR) is 98.7 cm³/mol. The molecule has 2 heterocycles. The van der Waals surface area contributed by atoms with Crippen molar-refractivity contribution in [3.8, 4) is 11.4 Å². The van der Waals surface area contributed by atoms with Crippen molar-refractivity contribution in [2.75, 3.05) is 13.1 Å². The number of piperidine rings is 1. The number of hydrogen-bond acceptors (Lipinski definition) is 4. The molecular formula is C21H20FN3O2. The molecule has 0 spiro atoms. The molecule has 1 fully saturated rings. The monoisotopic (exact) mass is 365 g/mol. The Morgan fingerprint density at radius 3 is 2.41 bits per heavy atom. The van der Waals surface area contributed by atoms with Gasteiger partial charge in [-0.1, -0.05) is 35.0 Å². The van der Waals surface area contributed by atoms with Crippen LogP contribution in [0.1, 0.15) is 40.6 Å². The standard InChI is InChI=1S/C21H20FN3O2/c1-14-2-4-15(5-3-14)19-23-20(27-24-19)16-10-12-25(13-11-16)21(26)17-6-8-18(22)9-7-17/h2-9,16H,10-13H2,1H3. The van der Waals surface area contributed by atoms with E-state index < -0.39 is 0 Å². The molecule has 27 heavy (non-hydrogen) atoms. The summed E-state index contributed by atoms with van der Waals surface area (Å²) in [6.45, 7) is 3.26. The zero-order valence-electron chi connectivity index (χ0n) is 15.1. The van der Waals surface area contributed by atoms with Crippen LogP contribution in [0.15, 0.2) is 53.1 Å². The van der Waals surface area contributed by atoms with E-state index in [1.807, 2.05) is 31.2 Å². The molecule has 0 radical (unpaired) electrons. The van der Waals surface area contributed by atoms with Gasteiger partial charge in [0.15, 0.2) is 0 Å². The SMILES string of the molecule is Cc1ccc(-c2noc(C3CCN(C(=O)c4ccc(F)cc4)CC3)n2)cc1. The van der Waals surface area contributed by atoms with E-state index in [0.717, 1.165) is 18.4 Å². The van der Waals surface area contributed by atoms with Crippen molar-refractivity contribution in [3.63, 3.8) is 0 Å². The molecule has 1 amide bonds. The zero-order valence-corrected chi connectivity index (χ0v) is 15.1. The Labute approximate surface area is 156 Å². The first-order chi connectivity index (χ1) is 13.1. The first-order valence-electron chi connectivity index (χ1n) is 9.05. The number of nitrogens with zero attached hydrogens (tertiary/aromatic N) is 3. The van der Waals surface area contributed by atoms with Crippen molar-refractivity contribution in [2.45, 2.75) is 25.7 Å². The summed E-state index contributed by atoms with van der Waals surface area (Å²) in [4.78, 5) is 18.9. The lowest BCUT2D eigenvalue weighted by Gasteiger charge is -2.30. The van der Waals surface area contributed by atoms with Gasteiger partial charge in [-0.3, -0.25) is 4.79 Å². The third kappa shape index (κ3) is 3.74. The molecule has 2 aromatic carbocycles. The van der Waals surface area contributed by atoms with Gasteiger partial charge in [0.05, 0.1) is 0 Å². The predicted octanol–water partition coefficient (Wildman–Crippen LogP) is 4.20. The fourth-order valence-corrected chi connectivity index (χ4v) is 3.33. The Hall–Kier alpha value is -3.02. The molecule has 0 aliphatic carbocycles. The molecule has 0 N–H and O–H groups in total. The molecule has 1 aromatic heterocycles. The maximum Gasteiger partial charge on any atom is 0.253 e. The third-order valence-corrected chi connectivity index (χ3v) is 4.97. The van der Waals surface area contributed by atoms with Crippen LogP contribution in [0.4, 0.5) is 4.39 Å². The van der Waals surface area contributed by atoms with Crippen molar-refractivity contribution in [1.82, 2.24) is 15.0 Å². The van der Waals surface area contributed by atoms with E-state index >= 15 is 0 Å². The largest absolute Gasteiger partial charge is 0.339 e. The molecule has 1 aliphatic heterocycles. The van der Waals surface area contributed by atoms with Crippen molar-refractivity contribution < 1.29 is 13.7 Å². The summed E-state index contributed by atoms with van der Waals surface area (Å²) in [5.74, 6) is 0.952. The van der Waals surface area contributed by atoms with Crippen LogP contribution in [-0.2, 0) is 0 Å². The summed E-state index contributed by atoms with van der Waals surface area (Å²) in [6.07, 6.45) is 1.53. The molecule has 4 rings (SSSR count). The molecule has 1 saturated heterocycles. The Morgan fingerprint density at radius 2 is 1.74 bits per heavy atom. The minimum Gasteiger partial charge on any atom is -0.339 e. The normalized spacial score (nSPS) is 15.1. The third-order valence-electron chi connectivity index (χ3n) is 4.97. The number of benzene rings is 2. The van der Waals surface area contributed by atoms with Crippen LogP contribution < -0.4 is 0 Å². The van der Waals surface area contributed by atoms with E-state index in [1.54, 1.807) is 4.90 Å². The minimum atomic E-state index is -0.342. The fourth-order valence-electron chi connectivity index (χ4n) is 3.33. The van der Waals surface area contributed by atoms with Crippen LogP contribution in [0.2, 0.25) is 0 Å². The summed E-state index contributed by atoms with van der Waals surface area (Å²) in [7, 11) is 0. The van der Waals surface area contributed by atoms with Gasteiger partial charge in [0.2, 0.25) is 11.7 Å². The molecule has 3 aromatic rings. The fraction of sp³-hybridized carbons (Fsp3) is 0.286. The Bertz CT molecular complexity index is 927. The quantitative estimate of drug-likeness (QED) is 0.698. The van der Waals surface area contributed by atoms with Crippen molar-refractivity contribution in [2.24, 2.45) is 0 Å². The summed E-state index contributed by atoms with van der Waals surface area (Å²) in [6, 6.07) is 13.7. The molecule has 0 bridgehead atoms. The van der Waals surface area contributed by atoms with E-state index in [0.29, 0.717) is 30.4 Å². The second-order valence-electron chi connectivity index (χ2n) is 6.90. The summed E-state index contributed by atoms with van der Waals surface area (Å²) in [5, 5.41) is 4.10. The van der Waals surface area contributed by atoms with Gasteiger partial charge < -0.3 is 9.42 Å². The molecular weight excluding hydrogens is 345 g/mol. The highest BCUT2D eigenvalue weighted by atomic mass is 19.1. The molecule has 5 nitrogen and oxygen atoms in total. The van der Waals surface area contributed by atoms with Crippen LogP contribution in [0.25, 0.3) is 11.4 Å². The smallest absolute Gasteiger partial charge is 0.253 e. The summed E-state index contributed by atoms with van der Waals surface area (Å²) >= 11 is 0. The Kier molecular flexibility index (Phi) is 4.71. The second-order valence-corrected chi connectivity index (χ2v) is 6.90. The number of likely N-dealkylation sites (tertiary alicyclic amines) is 1. The number of halogens is 1. The highest BCUT2D eigenvalue weighted by Gasteiger charge is 2.28. The average Bonchev–Trinajstić information content (AvgIpc) is 3.19. The molecule has 1 aliphatic rings. The van der Waals surface area contributed by atoms with Gasteiger partial charge in [0, 0.05) is 30.1 Å². The highest BCUT2D eigenvalue weighted by molar-refractivity contribution is 5.94. The first kappa shape index (κ1) is 17.4. The van der Waals surface area contributed by atoms with E-state index in [9.17, 15) is 9.18 Å². The van der Waals surface area contributed by atoms with Gasteiger partial charge in [-0.2, -0.15) is 4.98 Å². The molecule has 138 valence electrons. The number of rotatable bonds is 3. The van der Waals surface area contributed by atoms with Gasteiger partial charge in [-0.15, -0.1) is 0 Å². The van der Waals surface area contributed by atoms with Gasteiger partial charge in [0.1, 0.15) is 5.82 Å². The van der Waals surface area contributed by atoms with Gasteiger partial charge in [0.25, 0.3) is 5.91 Å². The van der Waals surface area contributed by atoms with E-state index in [-0.39, 0.29) is 17.6 Å². The Balaban J connectivity index is 1.40. The van der Waals surface area contributed by atoms with Crippen molar-refractivity contribution in [3.05, 3.63) is 71.4 Å². The maximum atomic E-state index is 13.0. The first-order valence-corrected chi connectivity index (χ1v) is 9.05. The Morgan fingerprint density at radius 1 is 1.07 bits per heavy atom. The number of hydrogen-bond donors (Lipinski definition) is 0. The van der Waals surface area contributed by atoms with Crippen molar-refractivity contribution >= 4 is 5.91 Å².